The number of carbonyl (C=O) groups is 2. The first kappa shape index (κ1) is 15.3. The van der Waals surface area contributed by atoms with Crippen LogP contribution in [-0.4, -0.2) is 36.3 Å². The highest BCUT2D eigenvalue weighted by Gasteiger charge is 2.22. The fourth-order valence-corrected chi connectivity index (χ4v) is 2.18. The Balaban J connectivity index is 1.89. The number of nitrogens with two attached hydrogens (primary N) is 2. The number of benzene rings is 1. The van der Waals surface area contributed by atoms with Gasteiger partial charge in [0.2, 0.25) is 11.8 Å². The van der Waals surface area contributed by atoms with E-state index >= 15 is 0 Å². The van der Waals surface area contributed by atoms with E-state index in [4.69, 9.17) is 11.5 Å². The molecular formula is C15H22N4O2. The number of nitrogens with one attached hydrogen (secondary N) is 1. The standard InChI is InChI=1S/C15H22N4O2/c16-13-3-1-2-12(6-13)8-19(9-14(17)20)10-15(21)18-7-11-4-5-11/h1-3,6,11H,4-5,7-10,16H2,(H2,17,20)(H,18,21). The largest absolute Gasteiger partial charge is 0.399 e. The van der Waals surface area contributed by atoms with Crippen molar-refractivity contribution in [1.29, 1.82) is 0 Å². The molecule has 21 heavy (non-hydrogen) atoms. The number of rotatable bonds is 8. The van der Waals surface area contributed by atoms with Crippen LogP contribution in [0.3, 0.4) is 0 Å². The molecule has 1 aliphatic rings. The van der Waals surface area contributed by atoms with Crippen molar-refractivity contribution in [3.8, 4) is 0 Å². The smallest absolute Gasteiger partial charge is 0.234 e. The molecule has 6 nitrogen and oxygen atoms in total. The molecule has 1 saturated carbocycles. The van der Waals surface area contributed by atoms with E-state index in [1.807, 2.05) is 18.2 Å². The maximum absolute atomic E-state index is 11.9. The third kappa shape index (κ3) is 5.83. The Bertz CT molecular complexity index is 514. The minimum Gasteiger partial charge on any atom is -0.399 e. The van der Waals surface area contributed by atoms with Gasteiger partial charge < -0.3 is 16.8 Å². The number of anilines is 1. The molecule has 0 bridgehead atoms. The lowest BCUT2D eigenvalue weighted by molar-refractivity contribution is -0.124. The first-order chi connectivity index (χ1) is 10.0. The maximum atomic E-state index is 11.9. The summed E-state index contributed by atoms with van der Waals surface area (Å²) in [6, 6.07) is 7.38. The van der Waals surface area contributed by atoms with Crippen LogP contribution < -0.4 is 16.8 Å². The van der Waals surface area contributed by atoms with Gasteiger partial charge >= 0.3 is 0 Å². The average Bonchev–Trinajstić information content (AvgIpc) is 3.19. The number of amides is 2. The average molecular weight is 290 g/mol. The van der Waals surface area contributed by atoms with Crippen molar-refractivity contribution in [2.75, 3.05) is 25.4 Å². The van der Waals surface area contributed by atoms with Gasteiger partial charge in [0.1, 0.15) is 0 Å². The summed E-state index contributed by atoms with van der Waals surface area (Å²) in [4.78, 5) is 24.8. The van der Waals surface area contributed by atoms with E-state index in [1.165, 1.54) is 12.8 Å². The molecule has 2 rings (SSSR count). The molecule has 2 amide bonds. The van der Waals surface area contributed by atoms with E-state index in [0.717, 1.165) is 12.1 Å². The normalized spacial score (nSPS) is 14.1. The van der Waals surface area contributed by atoms with E-state index < -0.39 is 5.91 Å². The van der Waals surface area contributed by atoms with Crippen LogP contribution in [0.15, 0.2) is 24.3 Å². The van der Waals surface area contributed by atoms with Crippen molar-refractivity contribution >= 4 is 17.5 Å². The second kappa shape index (κ2) is 7.08. The number of carbonyl (C=O) groups excluding carboxylic acids is 2. The second-order valence-corrected chi connectivity index (χ2v) is 5.60. The van der Waals surface area contributed by atoms with Crippen LogP contribution in [0.4, 0.5) is 5.69 Å². The molecule has 1 aromatic carbocycles. The molecule has 5 N–H and O–H groups in total. The summed E-state index contributed by atoms with van der Waals surface area (Å²) >= 11 is 0. The zero-order valence-corrected chi connectivity index (χ0v) is 12.0. The molecule has 0 atom stereocenters. The molecule has 6 heteroatoms. The predicted octanol–water partition coefficient (Wildman–Crippen LogP) is 0.0823. The Morgan fingerprint density at radius 3 is 2.67 bits per heavy atom. The van der Waals surface area contributed by atoms with Crippen LogP contribution in [0, 0.1) is 5.92 Å². The van der Waals surface area contributed by atoms with Crippen LogP contribution in [0.5, 0.6) is 0 Å². The van der Waals surface area contributed by atoms with Gasteiger partial charge in [-0.2, -0.15) is 0 Å². The third-order valence-corrected chi connectivity index (χ3v) is 3.39. The van der Waals surface area contributed by atoms with Gasteiger partial charge in [0.05, 0.1) is 13.1 Å². The fraction of sp³-hybridized carbons (Fsp3) is 0.467. The molecule has 1 aromatic rings. The Labute approximate surface area is 124 Å². The van der Waals surface area contributed by atoms with Crippen molar-refractivity contribution in [2.45, 2.75) is 19.4 Å². The number of hydrogen-bond donors (Lipinski definition) is 3. The van der Waals surface area contributed by atoms with E-state index in [1.54, 1.807) is 11.0 Å². The second-order valence-electron chi connectivity index (χ2n) is 5.60. The zero-order valence-electron chi connectivity index (χ0n) is 12.0. The quantitative estimate of drug-likeness (QED) is 0.590. The summed E-state index contributed by atoms with van der Waals surface area (Å²) in [7, 11) is 0. The number of primary amides is 1. The number of nitrogens with zero attached hydrogens (tertiary/aromatic N) is 1. The van der Waals surface area contributed by atoms with E-state index in [9.17, 15) is 9.59 Å². The minimum absolute atomic E-state index is 0.0473. The summed E-state index contributed by atoms with van der Waals surface area (Å²) in [6.45, 7) is 1.39. The van der Waals surface area contributed by atoms with E-state index in [2.05, 4.69) is 5.32 Å². The SMILES string of the molecule is NC(=O)CN(CC(=O)NCC1CC1)Cc1cccc(N)c1. The summed E-state index contributed by atoms with van der Waals surface area (Å²) in [5, 5.41) is 2.89. The highest BCUT2D eigenvalue weighted by Crippen LogP contribution is 2.27. The van der Waals surface area contributed by atoms with Crippen molar-refractivity contribution in [1.82, 2.24) is 10.2 Å². The van der Waals surface area contributed by atoms with Crippen LogP contribution in [-0.2, 0) is 16.1 Å². The summed E-state index contributed by atoms with van der Waals surface area (Å²) < 4.78 is 0. The number of hydrogen-bond acceptors (Lipinski definition) is 4. The lowest BCUT2D eigenvalue weighted by Gasteiger charge is -2.20. The van der Waals surface area contributed by atoms with Crippen LogP contribution in [0.2, 0.25) is 0 Å². The first-order valence-electron chi connectivity index (χ1n) is 7.14. The van der Waals surface area contributed by atoms with Crippen LogP contribution in [0.25, 0.3) is 0 Å². The lowest BCUT2D eigenvalue weighted by atomic mass is 10.2. The molecule has 1 aliphatic carbocycles. The Kier molecular flexibility index (Phi) is 5.16. The van der Waals surface area contributed by atoms with Crippen molar-refractivity contribution in [3.63, 3.8) is 0 Å². The van der Waals surface area contributed by atoms with Gasteiger partial charge in [0, 0.05) is 18.8 Å². The van der Waals surface area contributed by atoms with Crippen LogP contribution >= 0.6 is 0 Å². The summed E-state index contributed by atoms with van der Waals surface area (Å²) in [5.41, 5.74) is 12.6. The molecule has 1 fully saturated rings. The number of nitrogen functional groups attached to an aromatic ring is 1. The van der Waals surface area contributed by atoms with Crippen molar-refractivity contribution in [3.05, 3.63) is 29.8 Å². The molecule has 0 heterocycles. The van der Waals surface area contributed by atoms with Gasteiger partial charge in [-0.1, -0.05) is 12.1 Å². The monoisotopic (exact) mass is 290 g/mol. The highest BCUT2D eigenvalue weighted by molar-refractivity contribution is 5.80. The summed E-state index contributed by atoms with van der Waals surface area (Å²) in [5.74, 6) is 0.105. The van der Waals surface area contributed by atoms with Gasteiger partial charge in [-0.25, -0.2) is 0 Å². The van der Waals surface area contributed by atoms with Crippen molar-refractivity contribution < 1.29 is 9.59 Å². The van der Waals surface area contributed by atoms with Gasteiger partial charge in [0.25, 0.3) is 0 Å². The lowest BCUT2D eigenvalue weighted by Crippen LogP contribution is -2.41. The van der Waals surface area contributed by atoms with Gasteiger partial charge in [0.15, 0.2) is 0 Å². The molecule has 0 spiro atoms. The third-order valence-electron chi connectivity index (χ3n) is 3.39. The van der Waals surface area contributed by atoms with E-state index in [-0.39, 0.29) is 19.0 Å². The topological polar surface area (TPSA) is 101 Å². The van der Waals surface area contributed by atoms with Crippen LogP contribution in [0.1, 0.15) is 18.4 Å². The van der Waals surface area contributed by atoms with Gasteiger partial charge in [-0.15, -0.1) is 0 Å². The first-order valence-corrected chi connectivity index (χ1v) is 7.14. The Morgan fingerprint density at radius 1 is 1.29 bits per heavy atom. The maximum Gasteiger partial charge on any atom is 0.234 e. The Morgan fingerprint density at radius 2 is 2.05 bits per heavy atom. The molecule has 114 valence electrons. The van der Waals surface area contributed by atoms with Crippen molar-refractivity contribution in [2.24, 2.45) is 11.7 Å². The fourth-order valence-electron chi connectivity index (χ4n) is 2.18. The molecule has 0 saturated heterocycles. The minimum atomic E-state index is -0.450. The molecule has 0 aliphatic heterocycles. The summed E-state index contributed by atoms with van der Waals surface area (Å²) in [6.07, 6.45) is 2.38. The Hall–Kier alpha value is -2.08. The highest BCUT2D eigenvalue weighted by atomic mass is 16.2. The molecule has 0 aromatic heterocycles. The molecular weight excluding hydrogens is 268 g/mol. The predicted molar refractivity (Wildman–Crippen MR) is 81.1 cm³/mol. The molecule has 0 unspecified atom stereocenters. The van der Waals surface area contributed by atoms with Gasteiger partial charge in [-0.05, 0) is 36.5 Å². The van der Waals surface area contributed by atoms with Gasteiger partial charge in [-0.3, -0.25) is 14.5 Å². The zero-order chi connectivity index (χ0) is 15.2. The molecule has 0 radical (unpaired) electrons. The van der Waals surface area contributed by atoms with E-state index in [0.29, 0.717) is 18.2 Å².